The maximum absolute atomic E-state index is 6.21. The molecular weight excluding hydrogens is 316 g/mol. The van der Waals surface area contributed by atoms with Crippen LogP contribution in [0.5, 0.6) is 5.75 Å². The fraction of sp³-hybridized carbons (Fsp3) is 0.632. The Morgan fingerprint density at radius 3 is 2.64 bits per heavy atom. The van der Waals surface area contributed by atoms with Crippen molar-refractivity contribution in [2.45, 2.75) is 18.9 Å². The number of hydrogen-bond donors (Lipinski definition) is 1. The molecule has 1 aromatic rings. The number of rotatable bonds is 4. The van der Waals surface area contributed by atoms with Gasteiger partial charge in [-0.3, -0.25) is 9.89 Å². The number of hydrogen-bond acceptors (Lipinski definition) is 4. The Morgan fingerprint density at radius 1 is 1.24 bits per heavy atom. The van der Waals surface area contributed by atoms with Crippen molar-refractivity contribution in [3.05, 3.63) is 29.8 Å². The molecule has 2 aliphatic rings. The fourth-order valence-electron chi connectivity index (χ4n) is 3.88. The van der Waals surface area contributed by atoms with Crippen LogP contribution < -0.4 is 10.5 Å². The molecule has 6 nitrogen and oxygen atoms in total. The molecule has 1 aromatic carbocycles. The molecule has 6 heteroatoms. The predicted octanol–water partition coefficient (Wildman–Crippen LogP) is 1.72. The normalized spacial score (nSPS) is 25.8. The first-order valence-corrected chi connectivity index (χ1v) is 9.16. The summed E-state index contributed by atoms with van der Waals surface area (Å²) >= 11 is 0. The summed E-state index contributed by atoms with van der Waals surface area (Å²) in [5.41, 5.74) is 7.54. The number of nitrogens with two attached hydrogens (primary N) is 1. The van der Waals surface area contributed by atoms with Crippen LogP contribution in [-0.4, -0.2) is 69.3 Å². The van der Waals surface area contributed by atoms with Crippen molar-refractivity contribution in [1.82, 2.24) is 9.80 Å². The quantitative estimate of drug-likeness (QED) is 0.664. The topological polar surface area (TPSA) is 63.3 Å². The van der Waals surface area contributed by atoms with Gasteiger partial charge in [0.15, 0.2) is 5.96 Å². The van der Waals surface area contributed by atoms with Gasteiger partial charge < -0.3 is 20.1 Å². The summed E-state index contributed by atoms with van der Waals surface area (Å²) in [7, 11) is 3.91. The summed E-state index contributed by atoms with van der Waals surface area (Å²) in [5.74, 6) is 2.03. The zero-order valence-electron chi connectivity index (χ0n) is 15.4. The van der Waals surface area contributed by atoms with Crippen LogP contribution in [0.3, 0.4) is 0 Å². The first kappa shape index (κ1) is 18.0. The largest absolute Gasteiger partial charge is 0.497 e. The summed E-state index contributed by atoms with van der Waals surface area (Å²) in [4.78, 5) is 9.29. The van der Waals surface area contributed by atoms with E-state index in [-0.39, 0.29) is 0 Å². The van der Waals surface area contributed by atoms with Crippen molar-refractivity contribution < 1.29 is 9.47 Å². The highest BCUT2D eigenvalue weighted by Crippen LogP contribution is 2.35. The van der Waals surface area contributed by atoms with Crippen LogP contribution in [0.4, 0.5) is 0 Å². The Hall–Kier alpha value is -1.79. The van der Waals surface area contributed by atoms with Gasteiger partial charge in [0.25, 0.3) is 0 Å². The first-order valence-electron chi connectivity index (χ1n) is 9.16. The monoisotopic (exact) mass is 346 g/mol. The van der Waals surface area contributed by atoms with Gasteiger partial charge in [0, 0.05) is 25.7 Å². The molecule has 2 saturated heterocycles. The third kappa shape index (κ3) is 4.44. The molecule has 0 saturated carbocycles. The second-order valence-corrected chi connectivity index (χ2v) is 6.90. The molecule has 0 aliphatic carbocycles. The lowest BCUT2D eigenvalue weighted by Crippen LogP contribution is -2.45. The van der Waals surface area contributed by atoms with Gasteiger partial charge in [0.2, 0.25) is 0 Å². The fourth-order valence-corrected chi connectivity index (χ4v) is 3.88. The predicted molar refractivity (Wildman–Crippen MR) is 100.0 cm³/mol. The summed E-state index contributed by atoms with van der Waals surface area (Å²) < 4.78 is 10.7. The molecule has 0 bridgehead atoms. The first-order chi connectivity index (χ1) is 12.2. The third-order valence-electron chi connectivity index (χ3n) is 5.29. The second-order valence-electron chi connectivity index (χ2n) is 6.90. The summed E-state index contributed by atoms with van der Waals surface area (Å²) in [5, 5.41) is 0. The molecular formula is C19H30N4O2. The summed E-state index contributed by atoms with van der Waals surface area (Å²) in [6.45, 7) is 5.03. The van der Waals surface area contributed by atoms with Gasteiger partial charge in [-0.2, -0.15) is 0 Å². The van der Waals surface area contributed by atoms with Crippen molar-refractivity contribution in [1.29, 1.82) is 0 Å². The van der Waals surface area contributed by atoms with E-state index in [1.807, 2.05) is 12.1 Å². The number of ether oxygens (including phenoxy) is 2. The van der Waals surface area contributed by atoms with Crippen LogP contribution in [0.1, 0.15) is 24.4 Å². The molecule has 2 heterocycles. The van der Waals surface area contributed by atoms with Crippen LogP contribution in [0, 0.1) is 5.92 Å². The molecule has 3 rings (SSSR count). The average molecular weight is 346 g/mol. The molecule has 2 N–H and O–H groups in total. The molecule has 0 amide bonds. The van der Waals surface area contributed by atoms with Crippen molar-refractivity contribution in [3.63, 3.8) is 0 Å². The molecule has 0 radical (unpaired) electrons. The van der Waals surface area contributed by atoms with Gasteiger partial charge in [-0.15, -0.1) is 0 Å². The maximum atomic E-state index is 6.21. The van der Waals surface area contributed by atoms with Crippen LogP contribution >= 0.6 is 0 Å². The van der Waals surface area contributed by atoms with Crippen LogP contribution in [0.15, 0.2) is 29.3 Å². The van der Waals surface area contributed by atoms with E-state index in [4.69, 9.17) is 20.2 Å². The lowest BCUT2D eigenvalue weighted by molar-refractivity contribution is 0.0671. The van der Waals surface area contributed by atoms with Crippen molar-refractivity contribution >= 4 is 5.96 Å². The van der Waals surface area contributed by atoms with Gasteiger partial charge in [0.1, 0.15) is 5.75 Å². The Labute approximate surface area is 150 Å². The van der Waals surface area contributed by atoms with Crippen molar-refractivity contribution in [3.8, 4) is 5.75 Å². The van der Waals surface area contributed by atoms with Crippen LogP contribution in [0.2, 0.25) is 0 Å². The zero-order chi connectivity index (χ0) is 17.6. The van der Waals surface area contributed by atoms with Gasteiger partial charge in [-0.1, -0.05) is 12.1 Å². The minimum absolute atomic E-state index is 0.376. The van der Waals surface area contributed by atoms with Crippen LogP contribution in [-0.2, 0) is 4.74 Å². The summed E-state index contributed by atoms with van der Waals surface area (Å²) in [6, 6.07) is 8.81. The molecule has 2 fully saturated rings. The van der Waals surface area contributed by atoms with E-state index in [1.54, 1.807) is 7.11 Å². The second kappa shape index (κ2) is 8.54. The Morgan fingerprint density at radius 2 is 1.96 bits per heavy atom. The van der Waals surface area contributed by atoms with Gasteiger partial charge in [-0.25, -0.2) is 0 Å². The number of aliphatic imine (C=N–C) groups is 1. The average Bonchev–Trinajstić information content (AvgIpc) is 2.67. The smallest absolute Gasteiger partial charge is 0.191 e. The molecule has 25 heavy (non-hydrogen) atoms. The zero-order valence-corrected chi connectivity index (χ0v) is 15.4. The highest BCUT2D eigenvalue weighted by Gasteiger charge is 2.30. The summed E-state index contributed by atoms with van der Waals surface area (Å²) in [6.07, 6.45) is 2.39. The Bertz CT molecular complexity index is 569. The minimum Gasteiger partial charge on any atom is -0.497 e. The Kier molecular flexibility index (Phi) is 6.15. The van der Waals surface area contributed by atoms with E-state index in [2.05, 4.69) is 29.0 Å². The molecule has 0 aromatic heterocycles. The van der Waals surface area contributed by atoms with E-state index in [0.29, 0.717) is 17.9 Å². The molecule has 0 spiro atoms. The van der Waals surface area contributed by atoms with E-state index >= 15 is 0 Å². The molecule has 2 aliphatic heterocycles. The Balaban J connectivity index is 1.70. The maximum Gasteiger partial charge on any atom is 0.191 e. The van der Waals surface area contributed by atoms with Gasteiger partial charge >= 0.3 is 0 Å². The molecule has 0 unspecified atom stereocenters. The number of likely N-dealkylation sites (tertiary alicyclic amines) is 1. The van der Waals surface area contributed by atoms with E-state index < -0.39 is 0 Å². The highest BCUT2D eigenvalue weighted by molar-refractivity contribution is 5.78. The number of methoxy groups -OCH3 is 1. The van der Waals surface area contributed by atoms with Gasteiger partial charge in [-0.05, 0) is 50.0 Å². The van der Waals surface area contributed by atoms with Crippen LogP contribution in [0.25, 0.3) is 0 Å². The lowest BCUT2D eigenvalue weighted by Gasteiger charge is -2.39. The number of nitrogens with zero attached hydrogens (tertiary/aromatic N) is 3. The lowest BCUT2D eigenvalue weighted by atomic mass is 9.85. The van der Waals surface area contributed by atoms with Crippen molar-refractivity contribution in [2.75, 3.05) is 53.6 Å². The van der Waals surface area contributed by atoms with E-state index in [1.165, 1.54) is 18.4 Å². The van der Waals surface area contributed by atoms with E-state index in [9.17, 15) is 0 Å². The third-order valence-corrected chi connectivity index (χ3v) is 5.29. The molecule has 2 atom stereocenters. The standard InChI is InChI=1S/C19H30N4O2/c1-22-9-3-4-16(14-21-19(20)23-10-12-25-13-11-23)18(22)15-5-7-17(24-2)8-6-15/h5-8,16,18H,3-4,9-14H2,1-2H3,(H2,20,21)/t16-,18+/m1/s1. The molecule has 138 valence electrons. The SMILES string of the molecule is COc1ccc([C@H]2[C@@H](CN=C(N)N3CCOCC3)CCCN2C)cc1. The number of piperidine rings is 1. The van der Waals surface area contributed by atoms with Crippen molar-refractivity contribution in [2.24, 2.45) is 16.6 Å². The number of benzene rings is 1. The number of morpholine rings is 1. The van der Waals surface area contributed by atoms with Gasteiger partial charge in [0.05, 0.1) is 20.3 Å². The minimum atomic E-state index is 0.376. The highest BCUT2D eigenvalue weighted by atomic mass is 16.5. The number of guanidine groups is 1. The van der Waals surface area contributed by atoms with E-state index in [0.717, 1.165) is 45.1 Å².